The number of hydrogen-bond donors (Lipinski definition) is 0. The third kappa shape index (κ3) is 2.47. The molecule has 0 amide bonds. The van der Waals surface area contributed by atoms with E-state index in [0.717, 1.165) is 0 Å². The van der Waals surface area contributed by atoms with Gasteiger partial charge in [-0.25, -0.2) is 4.57 Å². The summed E-state index contributed by atoms with van der Waals surface area (Å²) < 4.78 is 10.7. The van der Waals surface area contributed by atoms with Gasteiger partial charge in [-0.3, -0.25) is 0 Å². The fourth-order valence-corrected chi connectivity index (χ4v) is 10.4. The minimum atomic E-state index is -0.345. The van der Waals surface area contributed by atoms with Crippen molar-refractivity contribution in [1.29, 1.82) is 0 Å². The zero-order valence-corrected chi connectivity index (χ0v) is 24.8. The third-order valence-corrected chi connectivity index (χ3v) is 11.9. The Morgan fingerprint density at radius 2 is 1.38 bits per heavy atom. The van der Waals surface area contributed by atoms with Gasteiger partial charge in [-0.2, -0.15) is 13.7 Å². The summed E-state index contributed by atoms with van der Waals surface area (Å²) in [6, 6.07) is 43.5. The summed E-state index contributed by atoms with van der Waals surface area (Å²) in [7, 11) is 0. The molecule has 3 atom stereocenters. The van der Waals surface area contributed by atoms with Crippen LogP contribution in [-0.2, 0) is 12.1 Å². The number of aromatic nitrogens is 4. The van der Waals surface area contributed by atoms with Crippen molar-refractivity contribution in [3.63, 3.8) is 0 Å². The number of hydrogen-bond acceptors (Lipinski definition) is 0. The van der Waals surface area contributed by atoms with E-state index in [4.69, 9.17) is 0 Å². The fraction of sp³-hybridized carbons (Fsp3) is 0.171. The molecule has 2 aliphatic heterocycles. The molecule has 8 aromatic rings. The fourth-order valence-electron chi connectivity index (χ4n) is 10.4. The van der Waals surface area contributed by atoms with Crippen molar-refractivity contribution in [3.8, 4) is 22.8 Å². The molecule has 2 aliphatic carbocycles. The lowest BCUT2D eigenvalue weighted by Crippen LogP contribution is -2.83. The van der Waals surface area contributed by atoms with E-state index in [0.29, 0.717) is 11.8 Å². The first-order chi connectivity index (χ1) is 22.3. The highest BCUT2D eigenvalue weighted by Gasteiger charge is 2.65. The van der Waals surface area contributed by atoms with Crippen molar-refractivity contribution in [2.45, 2.75) is 31.3 Å². The first kappa shape index (κ1) is 23.2. The number of rotatable bonds is 1. The third-order valence-electron chi connectivity index (χ3n) is 11.9. The largest absolute Gasteiger partial charge is 0.267 e. The summed E-state index contributed by atoms with van der Waals surface area (Å²) in [6.07, 6.45) is 7.46. The van der Waals surface area contributed by atoms with Crippen LogP contribution in [0.4, 0.5) is 0 Å². The summed E-state index contributed by atoms with van der Waals surface area (Å²) in [6.45, 7) is 0. The summed E-state index contributed by atoms with van der Waals surface area (Å²) in [5.74, 6) is 3.71. The Morgan fingerprint density at radius 1 is 0.622 bits per heavy atom. The van der Waals surface area contributed by atoms with E-state index in [1.54, 1.807) is 0 Å². The minimum absolute atomic E-state index is 0.345. The lowest BCUT2D eigenvalue weighted by Gasteiger charge is -2.48. The number of fused-ring (bicyclic) bond motifs is 10. The summed E-state index contributed by atoms with van der Waals surface area (Å²) in [5.41, 5.74) is 10.5. The average molecular weight is 579 g/mol. The van der Waals surface area contributed by atoms with Crippen molar-refractivity contribution in [2.24, 2.45) is 11.8 Å². The van der Waals surface area contributed by atoms with E-state index >= 15 is 0 Å². The predicted octanol–water partition coefficient (Wildman–Crippen LogP) is 7.97. The van der Waals surface area contributed by atoms with Gasteiger partial charge < -0.3 is 0 Å². The van der Waals surface area contributed by atoms with Crippen molar-refractivity contribution in [1.82, 2.24) is 9.13 Å². The molecule has 4 heteroatoms. The summed E-state index contributed by atoms with van der Waals surface area (Å²) in [5, 5.41) is 5.37. The molecule has 4 aliphatic rings. The van der Waals surface area contributed by atoms with E-state index in [-0.39, 0.29) is 5.66 Å². The van der Waals surface area contributed by atoms with Gasteiger partial charge in [-0.15, -0.1) is 0 Å². The second-order valence-electron chi connectivity index (χ2n) is 13.7. The molecule has 4 aromatic carbocycles. The average Bonchev–Trinajstić information content (AvgIpc) is 3.80. The van der Waals surface area contributed by atoms with Gasteiger partial charge in [0.2, 0.25) is 11.5 Å². The van der Waals surface area contributed by atoms with Gasteiger partial charge in [0.05, 0.1) is 17.1 Å². The first-order valence-corrected chi connectivity index (χ1v) is 16.5. The second-order valence-corrected chi connectivity index (χ2v) is 13.7. The lowest BCUT2D eigenvalue weighted by atomic mass is 9.67. The van der Waals surface area contributed by atoms with Gasteiger partial charge in [0.1, 0.15) is 16.6 Å². The summed E-state index contributed by atoms with van der Waals surface area (Å²) >= 11 is 0. The molecule has 0 N–H and O–H groups in total. The van der Waals surface area contributed by atoms with Crippen LogP contribution in [0, 0.1) is 11.8 Å². The minimum Gasteiger partial charge on any atom is -0.224 e. The van der Waals surface area contributed by atoms with Gasteiger partial charge in [0.25, 0.3) is 11.5 Å². The van der Waals surface area contributed by atoms with Crippen LogP contribution in [0.1, 0.15) is 30.4 Å². The van der Waals surface area contributed by atoms with Crippen molar-refractivity contribution >= 4 is 43.7 Å². The molecule has 0 saturated heterocycles. The van der Waals surface area contributed by atoms with E-state index in [2.05, 4.69) is 140 Å². The van der Waals surface area contributed by atoms with Crippen LogP contribution in [0.2, 0.25) is 0 Å². The number of benzene rings is 4. The van der Waals surface area contributed by atoms with Crippen LogP contribution in [0.25, 0.3) is 66.5 Å². The van der Waals surface area contributed by atoms with E-state index in [1.165, 1.54) is 103 Å². The van der Waals surface area contributed by atoms with Gasteiger partial charge in [-0.05, 0) is 66.1 Å². The van der Waals surface area contributed by atoms with Crippen LogP contribution in [0.3, 0.4) is 0 Å². The molecule has 1 fully saturated rings. The normalized spacial score (nSPS) is 22.0. The molecule has 3 unspecified atom stereocenters. The van der Waals surface area contributed by atoms with Gasteiger partial charge in [-0.1, -0.05) is 85.3 Å². The van der Waals surface area contributed by atoms with E-state index in [1.807, 2.05) is 0 Å². The molecule has 1 spiro atoms. The highest BCUT2D eigenvalue weighted by Crippen LogP contribution is 2.55. The Morgan fingerprint density at radius 3 is 2.24 bits per heavy atom. The molecule has 212 valence electrons. The lowest BCUT2D eigenvalue weighted by molar-refractivity contribution is -0.984. The topological polar surface area (TPSA) is 17.6 Å². The first-order valence-electron chi connectivity index (χ1n) is 16.5. The maximum Gasteiger partial charge on any atom is 0.267 e. The smallest absolute Gasteiger partial charge is 0.224 e. The number of pyridine rings is 2. The molecular formula is C41H30N4+2. The van der Waals surface area contributed by atoms with Gasteiger partial charge in [0.15, 0.2) is 0 Å². The Hall–Kier alpha value is -5.22. The van der Waals surface area contributed by atoms with Crippen molar-refractivity contribution in [3.05, 3.63) is 133 Å². The van der Waals surface area contributed by atoms with Crippen molar-refractivity contribution < 1.29 is 9.13 Å². The molecule has 4 aromatic heterocycles. The van der Waals surface area contributed by atoms with E-state index in [9.17, 15) is 0 Å². The Balaban J connectivity index is 1.38. The molecular weight excluding hydrogens is 548 g/mol. The van der Waals surface area contributed by atoms with Crippen molar-refractivity contribution in [2.75, 3.05) is 0 Å². The predicted molar refractivity (Wildman–Crippen MR) is 178 cm³/mol. The molecule has 4 nitrogen and oxygen atoms in total. The number of para-hydroxylation sites is 2. The second kappa shape index (κ2) is 7.70. The maximum absolute atomic E-state index is 2.80. The zero-order chi connectivity index (χ0) is 29.0. The van der Waals surface area contributed by atoms with Gasteiger partial charge in [0, 0.05) is 34.2 Å². The van der Waals surface area contributed by atoms with Crippen LogP contribution >= 0.6 is 0 Å². The SMILES string of the molecule is c1ccc(-c2cc[n+]3c(c2)-n2c4ccccc4c4ccc5[n+](c42)C32c3c(ccc4c6ccccc6n-5c34)CC3CCCC32)cc1. The Bertz CT molecular complexity index is 2620. The quantitative estimate of drug-likeness (QED) is 0.176. The zero-order valence-electron chi connectivity index (χ0n) is 24.8. The molecule has 45 heavy (non-hydrogen) atoms. The number of nitrogens with zero attached hydrogens (tertiary/aromatic N) is 4. The van der Waals surface area contributed by atoms with E-state index < -0.39 is 0 Å². The molecule has 12 rings (SSSR count). The van der Waals surface area contributed by atoms with Crippen LogP contribution in [0.5, 0.6) is 0 Å². The highest BCUT2D eigenvalue weighted by atomic mass is 15.4. The molecule has 0 bridgehead atoms. The van der Waals surface area contributed by atoms with Gasteiger partial charge >= 0.3 is 0 Å². The molecule has 0 radical (unpaired) electrons. The Labute approximate surface area is 260 Å². The van der Waals surface area contributed by atoms with Crippen LogP contribution in [0.15, 0.2) is 121 Å². The van der Waals surface area contributed by atoms with Crippen LogP contribution in [-0.4, -0.2) is 9.13 Å². The Kier molecular flexibility index (Phi) is 3.97. The molecule has 6 heterocycles. The van der Waals surface area contributed by atoms with Crippen LogP contribution < -0.4 is 9.13 Å². The standard InChI is InChI=1S/C41H30N4/c1-2-9-25(10-3-1)26-21-22-42-37(24-26)44-35-16-7-5-13-30(35)32-19-20-36-43-34-15-6-4-12-29(34)31-18-17-28-23-27-11-8-14-33(27)41(42,38(28)39(31)43)45(36)40(32)44/h1-7,9-10,12-13,15-22,24,27,33H,8,11,14,23H2/q+2. The molecule has 1 saturated carbocycles. The monoisotopic (exact) mass is 578 g/mol. The summed E-state index contributed by atoms with van der Waals surface area (Å²) in [4.78, 5) is 0. The highest BCUT2D eigenvalue weighted by molar-refractivity contribution is 6.12. The maximum atomic E-state index is 2.80.